The summed E-state index contributed by atoms with van der Waals surface area (Å²) in [4.78, 5) is 12.8. The maximum atomic E-state index is 13.2. The van der Waals surface area contributed by atoms with E-state index in [1.165, 1.54) is 28.4 Å². The lowest BCUT2D eigenvalue weighted by Crippen LogP contribution is -2.36. The van der Waals surface area contributed by atoms with E-state index in [1.54, 1.807) is 31.2 Å². The number of nitrogens with one attached hydrogen (secondary N) is 1. The standard InChI is InChI=1S/C21H24N2O6S/c1-12-7-8-17(27-4)15(9-12)22-21(24)20-13(2)14-10-18(28-5)19(29-6)11-16(14)23(3)30(20,25)26/h7-11H,1-6H3,(H,22,24). The topological polar surface area (TPSA) is 94.2 Å². The van der Waals surface area contributed by atoms with Gasteiger partial charge in [-0.05, 0) is 43.2 Å². The molecule has 1 N–H and O–H groups in total. The van der Waals surface area contributed by atoms with Gasteiger partial charge in [0, 0.05) is 18.7 Å². The first-order valence-electron chi connectivity index (χ1n) is 9.07. The van der Waals surface area contributed by atoms with E-state index in [4.69, 9.17) is 14.2 Å². The summed E-state index contributed by atoms with van der Waals surface area (Å²) >= 11 is 0. The van der Waals surface area contributed by atoms with Gasteiger partial charge in [-0.25, -0.2) is 8.42 Å². The second kappa shape index (κ2) is 7.91. The molecule has 1 aliphatic heterocycles. The van der Waals surface area contributed by atoms with Crippen LogP contribution in [0, 0.1) is 6.92 Å². The number of hydrogen-bond acceptors (Lipinski definition) is 6. The Morgan fingerprint density at radius 3 is 2.13 bits per heavy atom. The zero-order valence-electron chi connectivity index (χ0n) is 17.7. The number of amides is 1. The van der Waals surface area contributed by atoms with Crippen LogP contribution in [0.2, 0.25) is 0 Å². The Bertz CT molecular complexity index is 1150. The Morgan fingerprint density at radius 1 is 0.933 bits per heavy atom. The summed E-state index contributed by atoms with van der Waals surface area (Å²) in [6.07, 6.45) is 0. The lowest BCUT2D eigenvalue weighted by molar-refractivity contribution is -0.112. The van der Waals surface area contributed by atoms with Gasteiger partial charge in [-0.15, -0.1) is 0 Å². The smallest absolute Gasteiger partial charge is 0.269 e. The largest absolute Gasteiger partial charge is 0.495 e. The highest BCUT2D eigenvalue weighted by Crippen LogP contribution is 2.44. The number of carbonyl (C=O) groups excluding carboxylic acids is 1. The number of benzene rings is 2. The van der Waals surface area contributed by atoms with Crippen LogP contribution in [0.1, 0.15) is 18.1 Å². The quantitative estimate of drug-likeness (QED) is 0.780. The third-order valence-corrected chi connectivity index (χ3v) is 6.94. The van der Waals surface area contributed by atoms with Crippen LogP contribution in [-0.2, 0) is 14.8 Å². The molecule has 0 bridgehead atoms. The van der Waals surface area contributed by atoms with Crippen LogP contribution in [0.15, 0.2) is 35.2 Å². The molecule has 30 heavy (non-hydrogen) atoms. The second-order valence-corrected chi connectivity index (χ2v) is 8.71. The average Bonchev–Trinajstić information content (AvgIpc) is 2.71. The van der Waals surface area contributed by atoms with Gasteiger partial charge >= 0.3 is 0 Å². The van der Waals surface area contributed by atoms with Gasteiger partial charge in [-0.2, -0.15) is 0 Å². The number of allylic oxidation sites excluding steroid dienone is 1. The number of carbonyl (C=O) groups is 1. The Balaban J connectivity index is 2.16. The number of ether oxygens (including phenoxy) is 3. The van der Waals surface area contributed by atoms with Gasteiger partial charge in [0.15, 0.2) is 16.4 Å². The molecule has 0 fully saturated rings. The molecule has 0 saturated heterocycles. The van der Waals surface area contributed by atoms with Crippen LogP contribution in [0.5, 0.6) is 17.2 Å². The highest BCUT2D eigenvalue weighted by Gasteiger charge is 2.38. The Kier molecular flexibility index (Phi) is 5.67. The monoisotopic (exact) mass is 432 g/mol. The second-order valence-electron chi connectivity index (χ2n) is 6.81. The maximum Gasteiger partial charge on any atom is 0.269 e. The summed E-state index contributed by atoms with van der Waals surface area (Å²) in [5.74, 6) is 0.510. The van der Waals surface area contributed by atoms with Crippen LogP contribution >= 0.6 is 0 Å². The lowest BCUT2D eigenvalue weighted by atomic mass is 10.0. The highest BCUT2D eigenvalue weighted by atomic mass is 32.2. The summed E-state index contributed by atoms with van der Waals surface area (Å²) in [7, 11) is 1.74. The number of nitrogens with zero attached hydrogens (tertiary/aromatic N) is 1. The van der Waals surface area contributed by atoms with Gasteiger partial charge in [0.05, 0.1) is 32.7 Å². The summed E-state index contributed by atoms with van der Waals surface area (Å²) in [6, 6.07) is 8.50. The molecule has 0 atom stereocenters. The number of fused-ring (bicyclic) bond motifs is 1. The molecule has 2 aromatic rings. The minimum atomic E-state index is -4.09. The van der Waals surface area contributed by atoms with Crippen molar-refractivity contribution in [2.24, 2.45) is 0 Å². The minimum absolute atomic E-state index is 0.313. The molecule has 0 spiro atoms. The first-order chi connectivity index (χ1) is 14.1. The van der Waals surface area contributed by atoms with E-state index in [0.29, 0.717) is 39.8 Å². The van der Waals surface area contributed by atoms with E-state index in [1.807, 2.05) is 13.0 Å². The van der Waals surface area contributed by atoms with E-state index in [9.17, 15) is 13.2 Å². The minimum Gasteiger partial charge on any atom is -0.495 e. The zero-order valence-corrected chi connectivity index (χ0v) is 18.5. The molecule has 8 nitrogen and oxygen atoms in total. The fourth-order valence-corrected chi connectivity index (χ4v) is 4.86. The molecule has 1 heterocycles. The summed E-state index contributed by atoms with van der Waals surface area (Å²) in [5.41, 5.74) is 2.55. The van der Waals surface area contributed by atoms with Gasteiger partial charge in [0.25, 0.3) is 15.9 Å². The number of hydrogen-bond donors (Lipinski definition) is 1. The SMILES string of the molecule is COc1ccc(C)cc1NC(=O)C1=C(C)c2cc(OC)c(OC)cc2N(C)S1(=O)=O. The molecule has 9 heteroatoms. The molecule has 0 radical (unpaired) electrons. The van der Waals surface area contributed by atoms with E-state index >= 15 is 0 Å². The zero-order chi connectivity index (χ0) is 22.2. The molecule has 0 unspecified atom stereocenters. The van der Waals surface area contributed by atoms with Crippen LogP contribution in [0.25, 0.3) is 5.57 Å². The number of rotatable bonds is 5. The van der Waals surface area contributed by atoms with Crippen LogP contribution in [0.3, 0.4) is 0 Å². The van der Waals surface area contributed by atoms with E-state index in [-0.39, 0.29) is 4.91 Å². The Morgan fingerprint density at radius 2 is 1.53 bits per heavy atom. The maximum absolute atomic E-state index is 13.2. The van der Waals surface area contributed by atoms with Crippen LogP contribution < -0.4 is 23.8 Å². The highest BCUT2D eigenvalue weighted by molar-refractivity contribution is 7.97. The summed E-state index contributed by atoms with van der Waals surface area (Å²) < 4.78 is 43.4. The molecule has 0 saturated carbocycles. The first-order valence-corrected chi connectivity index (χ1v) is 10.5. The Labute approximate surface area is 176 Å². The summed E-state index contributed by atoms with van der Waals surface area (Å²) in [5, 5.41) is 2.68. The fraction of sp³-hybridized carbons (Fsp3) is 0.286. The van der Waals surface area contributed by atoms with Crippen molar-refractivity contribution in [2.75, 3.05) is 38.0 Å². The van der Waals surface area contributed by atoms with E-state index in [2.05, 4.69) is 5.32 Å². The number of sulfonamides is 1. The van der Waals surface area contributed by atoms with E-state index < -0.39 is 15.9 Å². The van der Waals surface area contributed by atoms with Gasteiger partial charge in [0.1, 0.15) is 5.75 Å². The number of methoxy groups -OCH3 is 3. The van der Waals surface area contributed by atoms with Crippen molar-refractivity contribution < 1.29 is 27.4 Å². The fourth-order valence-electron chi connectivity index (χ4n) is 3.40. The molecule has 2 aromatic carbocycles. The van der Waals surface area contributed by atoms with Crippen molar-refractivity contribution in [3.05, 3.63) is 46.4 Å². The molecule has 1 amide bonds. The predicted molar refractivity (Wildman–Crippen MR) is 116 cm³/mol. The van der Waals surface area contributed by atoms with Crippen LogP contribution in [-0.4, -0.2) is 42.7 Å². The summed E-state index contributed by atoms with van der Waals surface area (Å²) in [6.45, 7) is 3.46. The first kappa shape index (κ1) is 21.5. The third kappa shape index (κ3) is 3.45. The normalized spacial score (nSPS) is 14.8. The molecule has 0 aromatic heterocycles. The van der Waals surface area contributed by atoms with E-state index in [0.717, 1.165) is 9.87 Å². The molecule has 3 rings (SSSR count). The van der Waals surface area contributed by atoms with Crippen molar-refractivity contribution in [1.29, 1.82) is 0 Å². The van der Waals surface area contributed by atoms with Crippen molar-refractivity contribution >= 4 is 32.9 Å². The van der Waals surface area contributed by atoms with Crippen molar-refractivity contribution in [3.63, 3.8) is 0 Å². The van der Waals surface area contributed by atoms with Crippen molar-refractivity contribution in [3.8, 4) is 17.2 Å². The Hall–Kier alpha value is -3.20. The van der Waals surface area contributed by atoms with Crippen LogP contribution in [0.4, 0.5) is 11.4 Å². The van der Waals surface area contributed by atoms with Gasteiger partial charge in [-0.3, -0.25) is 9.10 Å². The predicted octanol–water partition coefficient (Wildman–Crippen LogP) is 3.17. The van der Waals surface area contributed by atoms with Gasteiger partial charge < -0.3 is 19.5 Å². The average molecular weight is 432 g/mol. The molecule has 1 aliphatic rings. The molecular weight excluding hydrogens is 408 g/mol. The third-order valence-electron chi connectivity index (χ3n) is 5.01. The molecular formula is C21H24N2O6S. The van der Waals surface area contributed by atoms with Crippen molar-refractivity contribution in [2.45, 2.75) is 13.8 Å². The number of anilines is 2. The number of aryl methyl sites for hydroxylation is 1. The van der Waals surface area contributed by atoms with Gasteiger partial charge in [0.2, 0.25) is 0 Å². The molecule has 0 aliphatic carbocycles. The molecule has 160 valence electrons. The lowest BCUT2D eigenvalue weighted by Gasteiger charge is -2.30. The van der Waals surface area contributed by atoms with Crippen molar-refractivity contribution in [1.82, 2.24) is 0 Å². The van der Waals surface area contributed by atoms with Gasteiger partial charge in [-0.1, -0.05) is 6.07 Å².